The molecule has 10 rings (SSSR count). The Morgan fingerprint density at radius 2 is 1.59 bits per heavy atom. The number of benzene rings is 2. The van der Waals surface area contributed by atoms with Crippen LogP contribution in [0.25, 0.3) is 16.7 Å². The third-order valence-electron chi connectivity index (χ3n) is 14.8. The number of likely N-dealkylation sites (tertiary alicyclic amines) is 2. The maximum atomic E-state index is 16.0. The van der Waals surface area contributed by atoms with Gasteiger partial charge in [-0.05, 0) is 125 Å². The van der Waals surface area contributed by atoms with Crippen LogP contribution in [-0.4, -0.2) is 102 Å². The lowest BCUT2D eigenvalue weighted by molar-refractivity contribution is -0.133. The number of nitrogens with zero attached hydrogens (tertiary/aromatic N) is 8. The van der Waals surface area contributed by atoms with Crippen LogP contribution in [0.15, 0.2) is 71.8 Å². The van der Waals surface area contributed by atoms with Gasteiger partial charge in [0.15, 0.2) is 5.82 Å². The van der Waals surface area contributed by atoms with Gasteiger partial charge in [0.1, 0.15) is 29.1 Å². The molecular weight excluding hydrogens is 907 g/mol. The normalized spacial score (nSPS) is 19.1. The lowest BCUT2D eigenvalue weighted by Crippen LogP contribution is -2.47. The largest absolute Gasteiger partial charge is 0.386 e. The van der Waals surface area contributed by atoms with E-state index in [2.05, 4.69) is 37.7 Å². The first-order valence-electron chi connectivity index (χ1n) is 24.0. The van der Waals surface area contributed by atoms with Crippen molar-refractivity contribution in [1.82, 2.24) is 43.9 Å². The number of rotatable bonds is 11. The number of hydrogen-bond donors (Lipinski definition) is 3. The summed E-state index contributed by atoms with van der Waals surface area (Å²) >= 11 is 0. The fourth-order valence-electron chi connectivity index (χ4n) is 11.0. The number of piperidine rings is 3. The van der Waals surface area contributed by atoms with E-state index in [4.69, 9.17) is 5.10 Å². The van der Waals surface area contributed by atoms with E-state index in [0.717, 1.165) is 43.0 Å². The van der Waals surface area contributed by atoms with Gasteiger partial charge in [-0.3, -0.25) is 43.5 Å². The molecule has 3 N–H and O–H groups in total. The number of aryl methyl sites for hydroxylation is 1. The van der Waals surface area contributed by atoms with Gasteiger partial charge in [-0.25, -0.2) is 22.5 Å². The number of nitrogens with one attached hydrogen (secondary N) is 3. The van der Waals surface area contributed by atoms with Crippen molar-refractivity contribution in [3.8, 4) is 5.69 Å². The number of fused-ring (bicyclic) bond motifs is 2. The summed E-state index contributed by atoms with van der Waals surface area (Å²) < 4.78 is 67.1. The number of imide groups is 1. The van der Waals surface area contributed by atoms with E-state index in [1.165, 1.54) is 35.0 Å². The third kappa shape index (κ3) is 9.07. The maximum Gasteiger partial charge on any atom is 0.257 e. The molecule has 0 saturated carbocycles. The molecular formula is C51H55F4N11O4. The van der Waals surface area contributed by atoms with Crippen LogP contribution in [0, 0.1) is 23.3 Å². The van der Waals surface area contributed by atoms with E-state index < -0.39 is 40.9 Å². The Labute approximate surface area is 401 Å². The van der Waals surface area contributed by atoms with Crippen LogP contribution in [0.4, 0.5) is 28.9 Å². The average molecular weight is 962 g/mol. The van der Waals surface area contributed by atoms with Crippen LogP contribution in [0.2, 0.25) is 0 Å². The van der Waals surface area contributed by atoms with Crippen molar-refractivity contribution >= 4 is 40.1 Å². The molecule has 4 aromatic heterocycles. The zero-order chi connectivity index (χ0) is 49.0. The molecule has 3 amide bonds. The predicted octanol–water partition coefficient (Wildman–Crippen LogP) is 6.71. The highest BCUT2D eigenvalue weighted by molar-refractivity contribution is 6.01. The summed E-state index contributed by atoms with van der Waals surface area (Å²) in [4.78, 5) is 61.1. The molecule has 19 heteroatoms. The van der Waals surface area contributed by atoms with E-state index in [1.54, 1.807) is 36.3 Å². The average Bonchev–Trinajstić information content (AvgIpc) is 3.92. The van der Waals surface area contributed by atoms with E-state index in [1.807, 2.05) is 28.4 Å². The molecule has 6 aromatic rings. The lowest BCUT2D eigenvalue weighted by Gasteiger charge is -2.36. The second-order valence-electron chi connectivity index (χ2n) is 19.0. The van der Waals surface area contributed by atoms with Crippen molar-refractivity contribution in [3.05, 3.63) is 134 Å². The number of carbonyl (C=O) groups excluding carboxylic acids is 3. The minimum Gasteiger partial charge on any atom is -0.386 e. The highest BCUT2D eigenvalue weighted by atomic mass is 19.1. The molecule has 1 unspecified atom stereocenters. The second-order valence-corrected chi connectivity index (χ2v) is 19.0. The van der Waals surface area contributed by atoms with Gasteiger partial charge in [-0.1, -0.05) is 6.07 Å². The summed E-state index contributed by atoms with van der Waals surface area (Å²) in [7, 11) is 3.44. The Morgan fingerprint density at radius 3 is 2.30 bits per heavy atom. The number of hydrogen-bond acceptors (Lipinski definition) is 10. The first-order valence-corrected chi connectivity index (χ1v) is 24.0. The molecule has 0 bridgehead atoms. The quantitative estimate of drug-likeness (QED) is 0.0944. The van der Waals surface area contributed by atoms with E-state index >= 15 is 13.2 Å². The van der Waals surface area contributed by atoms with Gasteiger partial charge in [-0.15, -0.1) is 0 Å². The zero-order valence-corrected chi connectivity index (χ0v) is 39.3. The molecule has 2 aromatic carbocycles. The Bertz CT molecular complexity index is 3060. The summed E-state index contributed by atoms with van der Waals surface area (Å²) in [6.07, 6.45) is 5.86. The summed E-state index contributed by atoms with van der Waals surface area (Å²) in [5.41, 5.74) is 4.55. The molecule has 0 aliphatic carbocycles. The number of amides is 3. The monoisotopic (exact) mass is 961 g/mol. The van der Waals surface area contributed by atoms with Crippen molar-refractivity contribution < 1.29 is 31.9 Å². The SMILES string of the molecule is CNc1cc(=O)n(-c2ccnc3c2cc([C@@H](C)N2CCC(c4c(F)cc(C(=O)N5CCn6nc(CN7CCC(c8ccc(NC9CCC(=O)NC9=O)cc8F)CC7)cc6C5)cc4F)CC2)n3C)cc1F. The van der Waals surface area contributed by atoms with Crippen LogP contribution in [0.1, 0.15) is 102 Å². The molecule has 0 spiro atoms. The minimum atomic E-state index is -0.730. The Balaban J connectivity index is 0.729. The van der Waals surface area contributed by atoms with Gasteiger partial charge < -0.3 is 20.1 Å². The molecule has 15 nitrogen and oxygen atoms in total. The van der Waals surface area contributed by atoms with Crippen molar-refractivity contribution in [1.29, 1.82) is 0 Å². The third-order valence-corrected chi connectivity index (χ3v) is 14.8. The summed E-state index contributed by atoms with van der Waals surface area (Å²) in [6, 6.07) is 13.4. The zero-order valence-electron chi connectivity index (χ0n) is 39.3. The number of halogens is 4. The molecule has 3 saturated heterocycles. The fraction of sp³-hybridized carbons (Fsp3) is 0.412. The Hall–Kier alpha value is -6.86. The second kappa shape index (κ2) is 19.1. The summed E-state index contributed by atoms with van der Waals surface area (Å²) in [6.45, 7) is 6.29. The highest BCUT2D eigenvalue weighted by Gasteiger charge is 2.33. The summed E-state index contributed by atoms with van der Waals surface area (Å²) in [5, 5.41) is 13.5. The molecule has 8 heterocycles. The topological polar surface area (TPSA) is 155 Å². The van der Waals surface area contributed by atoms with Crippen molar-refractivity contribution in [2.45, 2.75) is 89.0 Å². The van der Waals surface area contributed by atoms with Gasteiger partial charge in [0.25, 0.3) is 11.5 Å². The number of aromatic nitrogens is 5. The van der Waals surface area contributed by atoms with Crippen LogP contribution < -0.4 is 21.5 Å². The first-order chi connectivity index (χ1) is 33.7. The Kier molecular flexibility index (Phi) is 12.8. The number of carbonyl (C=O) groups is 3. The standard InChI is InChI=1S/C51H55F4N11O4/c1-29(45-24-37-44(8-13-57-49(37)61(45)3)65-28-41(55)43(56-2)25-47(65)68)63-16-11-31(12-17-63)48-39(53)20-32(21-40(48)54)51(70)64-18-19-66-35(27-64)22-34(60-66)26-62-14-9-30(10-15-62)36-5-4-33(23-38(36)52)58-42-6-7-46(67)59-50(42)69/h4-5,8,13,20-25,28-31,42,56,58H,6-7,9-12,14-19,26-27H2,1-3H3,(H,59,67,69)/t29-,42?/m1/s1. The molecule has 4 aliphatic rings. The van der Waals surface area contributed by atoms with Gasteiger partial charge in [0, 0.05) is 79.8 Å². The lowest BCUT2D eigenvalue weighted by atomic mass is 9.87. The highest BCUT2D eigenvalue weighted by Crippen LogP contribution is 2.38. The van der Waals surface area contributed by atoms with Gasteiger partial charge in [0.2, 0.25) is 11.8 Å². The first kappa shape index (κ1) is 46.8. The van der Waals surface area contributed by atoms with Crippen molar-refractivity contribution in [2.75, 3.05) is 50.4 Å². The fourth-order valence-corrected chi connectivity index (χ4v) is 11.0. The molecule has 366 valence electrons. The van der Waals surface area contributed by atoms with Gasteiger partial charge >= 0.3 is 0 Å². The van der Waals surface area contributed by atoms with Crippen molar-refractivity contribution in [2.24, 2.45) is 7.05 Å². The minimum absolute atomic E-state index is 0.00275. The maximum absolute atomic E-state index is 16.0. The van der Waals surface area contributed by atoms with Gasteiger partial charge in [0.05, 0.1) is 42.0 Å². The van der Waals surface area contributed by atoms with Crippen LogP contribution in [0.5, 0.6) is 0 Å². The molecule has 2 atom stereocenters. The summed E-state index contributed by atoms with van der Waals surface area (Å²) in [5.74, 6) is -3.86. The molecule has 70 heavy (non-hydrogen) atoms. The smallest absolute Gasteiger partial charge is 0.257 e. The van der Waals surface area contributed by atoms with Gasteiger partial charge in [-0.2, -0.15) is 5.10 Å². The van der Waals surface area contributed by atoms with Crippen LogP contribution in [-0.2, 0) is 36.3 Å². The Morgan fingerprint density at radius 1 is 0.843 bits per heavy atom. The molecule has 3 fully saturated rings. The molecule has 4 aliphatic heterocycles. The number of anilines is 2. The van der Waals surface area contributed by atoms with Crippen LogP contribution in [0.3, 0.4) is 0 Å². The van der Waals surface area contributed by atoms with Crippen molar-refractivity contribution in [3.63, 3.8) is 0 Å². The van der Waals surface area contributed by atoms with E-state index in [0.29, 0.717) is 80.0 Å². The van der Waals surface area contributed by atoms with E-state index in [9.17, 15) is 23.6 Å². The molecule has 0 radical (unpaired) electrons. The van der Waals surface area contributed by atoms with Crippen LogP contribution >= 0.6 is 0 Å². The predicted molar refractivity (Wildman–Crippen MR) is 255 cm³/mol. The number of pyridine rings is 2. The van der Waals surface area contributed by atoms with E-state index in [-0.39, 0.29) is 59.4 Å².